The van der Waals surface area contributed by atoms with E-state index in [4.69, 9.17) is 9.57 Å². The van der Waals surface area contributed by atoms with Crippen molar-refractivity contribution in [3.8, 4) is 5.75 Å². The molecule has 8 heteroatoms. The highest BCUT2D eigenvalue weighted by molar-refractivity contribution is 6.04. The van der Waals surface area contributed by atoms with Crippen LogP contribution in [0.15, 0.2) is 60.7 Å². The summed E-state index contributed by atoms with van der Waals surface area (Å²) in [5.74, 6) is -0.710. The Labute approximate surface area is 172 Å². The van der Waals surface area contributed by atoms with Gasteiger partial charge in [-0.05, 0) is 12.0 Å². The van der Waals surface area contributed by atoms with Crippen LogP contribution >= 0.6 is 0 Å². The predicted octanol–water partition coefficient (Wildman–Crippen LogP) is 4.55. The van der Waals surface area contributed by atoms with Crippen LogP contribution in [-0.4, -0.2) is 17.3 Å². The molecule has 0 aromatic heterocycles. The second kappa shape index (κ2) is 9.62. The van der Waals surface area contributed by atoms with Gasteiger partial charge in [0.15, 0.2) is 0 Å². The Morgan fingerprint density at radius 1 is 1.10 bits per heavy atom. The number of benzene rings is 3. The van der Waals surface area contributed by atoms with Gasteiger partial charge in [0.25, 0.3) is 0 Å². The molecule has 0 saturated heterocycles. The molecule has 0 unspecified atom stereocenters. The van der Waals surface area contributed by atoms with Crippen LogP contribution in [-0.2, 0) is 21.0 Å². The third kappa shape index (κ3) is 4.61. The van der Waals surface area contributed by atoms with Gasteiger partial charge in [-0.1, -0.05) is 61.5 Å². The van der Waals surface area contributed by atoms with E-state index >= 15 is 0 Å². The Hall–Kier alpha value is -3.78. The number of hydroxylamine groups is 1. The van der Waals surface area contributed by atoms with Gasteiger partial charge in [0.05, 0.1) is 10.6 Å². The number of hydrogen-bond acceptors (Lipinski definition) is 6. The van der Waals surface area contributed by atoms with Crippen molar-refractivity contribution in [3.63, 3.8) is 0 Å². The largest absolute Gasteiger partial charge is 0.418 e. The molecule has 3 rings (SSSR count). The van der Waals surface area contributed by atoms with E-state index in [0.29, 0.717) is 23.6 Å². The van der Waals surface area contributed by atoms with Crippen molar-refractivity contribution in [2.45, 2.75) is 26.4 Å². The fourth-order valence-electron chi connectivity index (χ4n) is 2.98. The summed E-state index contributed by atoms with van der Waals surface area (Å²) in [4.78, 5) is 40.4. The third-order valence-corrected chi connectivity index (χ3v) is 4.37. The molecule has 0 atom stereocenters. The zero-order valence-electron chi connectivity index (χ0n) is 16.3. The molecule has 0 N–H and O–H groups in total. The van der Waals surface area contributed by atoms with Crippen molar-refractivity contribution in [2.24, 2.45) is 0 Å². The number of anilines is 1. The average Bonchev–Trinajstić information content (AvgIpc) is 2.76. The van der Waals surface area contributed by atoms with Gasteiger partial charge in [-0.15, -0.1) is 0 Å². The van der Waals surface area contributed by atoms with Crippen LogP contribution in [0.1, 0.15) is 25.3 Å². The molecule has 0 saturated carbocycles. The lowest BCUT2D eigenvalue weighted by Crippen LogP contribution is -2.22. The van der Waals surface area contributed by atoms with Gasteiger partial charge >= 0.3 is 11.7 Å². The number of ether oxygens (including phenoxy) is 1. The molecule has 0 aliphatic rings. The number of nitrogens with zero attached hydrogens (tertiary/aromatic N) is 2. The maximum atomic E-state index is 12.0. The molecule has 0 radical (unpaired) electrons. The summed E-state index contributed by atoms with van der Waals surface area (Å²) in [5, 5.41) is 13.5. The quantitative estimate of drug-likeness (QED) is 0.169. The molecule has 3 aromatic rings. The Kier molecular flexibility index (Phi) is 6.71. The van der Waals surface area contributed by atoms with E-state index in [1.807, 2.05) is 37.3 Å². The second-order valence-electron chi connectivity index (χ2n) is 6.46. The number of esters is 1. The fourth-order valence-corrected chi connectivity index (χ4v) is 2.98. The first-order chi connectivity index (χ1) is 14.5. The van der Waals surface area contributed by atoms with Crippen LogP contribution in [0.2, 0.25) is 0 Å². The number of carbonyl (C=O) groups excluding carboxylic acids is 2. The summed E-state index contributed by atoms with van der Waals surface area (Å²) < 4.78 is 5.33. The molecule has 3 aromatic carbocycles. The molecule has 0 fully saturated rings. The van der Waals surface area contributed by atoms with Gasteiger partial charge in [-0.2, -0.15) is 5.06 Å². The standard InChI is InChI=1S/C22H20N2O6/c1-2-8-21(26)30-22-18-12-7-6-11-17(18)19(13-20(22)24(27)28)23(15-25)29-14-16-9-4-3-5-10-16/h3-7,9-13,15H,2,8,14H2,1H3. The minimum absolute atomic E-state index is 0.0922. The molecule has 0 spiro atoms. The number of nitro groups is 1. The first-order valence-corrected chi connectivity index (χ1v) is 9.37. The van der Waals surface area contributed by atoms with Crippen molar-refractivity contribution in [2.75, 3.05) is 5.06 Å². The molecular weight excluding hydrogens is 388 g/mol. The summed E-state index contributed by atoms with van der Waals surface area (Å²) >= 11 is 0. The average molecular weight is 408 g/mol. The Balaban J connectivity index is 2.06. The van der Waals surface area contributed by atoms with Crippen LogP contribution in [0.25, 0.3) is 10.8 Å². The van der Waals surface area contributed by atoms with E-state index in [-0.39, 0.29) is 24.5 Å². The highest BCUT2D eigenvalue weighted by Gasteiger charge is 2.26. The number of nitro benzene ring substituents is 1. The topological polar surface area (TPSA) is 99.0 Å². The maximum absolute atomic E-state index is 12.0. The number of hydrogen-bond donors (Lipinski definition) is 0. The molecule has 30 heavy (non-hydrogen) atoms. The van der Waals surface area contributed by atoms with Gasteiger partial charge in [-0.3, -0.25) is 24.5 Å². The van der Waals surface area contributed by atoms with Crippen LogP contribution in [0.3, 0.4) is 0 Å². The van der Waals surface area contributed by atoms with E-state index < -0.39 is 16.6 Å². The maximum Gasteiger partial charge on any atom is 0.314 e. The minimum atomic E-state index is -0.648. The summed E-state index contributed by atoms with van der Waals surface area (Å²) in [6.45, 7) is 1.90. The van der Waals surface area contributed by atoms with Crippen molar-refractivity contribution >= 4 is 34.5 Å². The first-order valence-electron chi connectivity index (χ1n) is 9.37. The zero-order chi connectivity index (χ0) is 21.5. The van der Waals surface area contributed by atoms with Gasteiger partial charge in [0, 0.05) is 23.3 Å². The van der Waals surface area contributed by atoms with Crippen LogP contribution < -0.4 is 9.80 Å². The Bertz CT molecular complexity index is 1070. The first kappa shape index (κ1) is 20.9. The molecule has 0 aliphatic heterocycles. The summed E-state index contributed by atoms with van der Waals surface area (Å²) in [6.07, 6.45) is 1.12. The van der Waals surface area contributed by atoms with Crippen molar-refractivity contribution in [1.29, 1.82) is 0 Å². The third-order valence-electron chi connectivity index (χ3n) is 4.37. The molecule has 154 valence electrons. The number of carbonyl (C=O) groups is 2. The highest BCUT2D eigenvalue weighted by Crippen LogP contribution is 2.41. The number of amides is 1. The van der Waals surface area contributed by atoms with Crippen LogP contribution in [0.4, 0.5) is 11.4 Å². The van der Waals surface area contributed by atoms with Crippen molar-refractivity contribution in [1.82, 2.24) is 0 Å². The van der Waals surface area contributed by atoms with Gasteiger partial charge in [0.1, 0.15) is 6.61 Å². The van der Waals surface area contributed by atoms with E-state index in [2.05, 4.69) is 0 Å². The predicted molar refractivity (Wildman–Crippen MR) is 111 cm³/mol. The van der Waals surface area contributed by atoms with Crippen molar-refractivity contribution < 1.29 is 24.1 Å². The van der Waals surface area contributed by atoms with Crippen LogP contribution in [0, 0.1) is 10.1 Å². The normalized spacial score (nSPS) is 10.6. The lowest BCUT2D eigenvalue weighted by molar-refractivity contribution is -0.385. The summed E-state index contributed by atoms with van der Waals surface area (Å²) in [7, 11) is 0. The van der Waals surface area contributed by atoms with E-state index in [1.54, 1.807) is 24.3 Å². The lowest BCUT2D eigenvalue weighted by Gasteiger charge is -2.20. The minimum Gasteiger partial charge on any atom is -0.418 e. The lowest BCUT2D eigenvalue weighted by atomic mass is 10.1. The van der Waals surface area contributed by atoms with Crippen molar-refractivity contribution in [3.05, 3.63) is 76.3 Å². The Morgan fingerprint density at radius 3 is 2.40 bits per heavy atom. The molecule has 8 nitrogen and oxygen atoms in total. The highest BCUT2D eigenvalue weighted by atomic mass is 16.7. The zero-order valence-corrected chi connectivity index (χ0v) is 16.3. The number of rotatable bonds is 9. The molecule has 0 aliphatic carbocycles. The molecule has 0 heterocycles. The van der Waals surface area contributed by atoms with E-state index in [1.165, 1.54) is 6.07 Å². The second-order valence-corrected chi connectivity index (χ2v) is 6.46. The summed E-state index contributed by atoms with van der Waals surface area (Å²) in [6, 6.07) is 17.0. The van der Waals surface area contributed by atoms with Gasteiger partial charge in [0.2, 0.25) is 12.2 Å². The molecular formula is C22H20N2O6. The summed E-state index contributed by atoms with van der Waals surface area (Å²) in [5.41, 5.74) is 0.579. The SMILES string of the molecule is CCCC(=O)Oc1c([N+](=O)[O-])cc(N(C=O)OCc2ccccc2)c2ccccc12. The Morgan fingerprint density at radius 2 is 1.77 bits per heavy atom. The molecule has 0 bridgehead atoms. The van der Waals surface area contributed by atoms with Crippen LogP contribution in [0.5, 0.6) is 5.75 Å². The number of fused-ring (bicyclic) bond motifs is 1. The molecule has 1 amide bonds. The fraction of sp³-hybridized carbons (Fsp3) is 0.182. The van der Waals surface area contributed by atoms with Gasteiger partial charge < -0.3 is 4.74 Å². The van der Waals surface area contributed by atoms with Gasteiger partial charge in [-0.25, -0.2) is 0 Å². The smallest absolute Gasteiger partial charge is 0.314 e. The van der Waals surface area contributed by atoms with E-state index in [9.17, 15) is 19.7 Å². The monoisotopic (exact) mass is 408 g/mol. The van der Waals surface area contributed by atoms with E-state index in [0.717, 1.165) is 10.6 Å².